The quantitative estimate of drug-likeness (QED) is 0.582. The molecular weight excluding hydrogens is 300 g/mol. The van der Waals surface area contributed by atoms with Gasteiger partial charge in [-0.15, -0.1) is 0 Å². The molecule has 0 bridgehead atoms. The van der Waals surface area contributed by atoms with Gasteiger partial charge in [-0.1, -0.05) is 0 Å². The number of piperazine rings is 1. The molecule has 0 aromatic heterocycles. The first-order valence-corrected chi connectivity index (χ1v) is 7.27. The zero-order valence-corrected chi connectivity index (χ0v) is 13.2. The van der Waals surface area contributed by atoms with Gasteiger partial charge in [-0.2, -0.15) is 0 Å². The summed E-state index contributed by atoms with van der Waals surface area (Å²) in [5, 5.41) is 2.63. The van der Waals surface area contributed by atoms with Crippen LogP contribution in [0.4, 0.5) is 11.4 Å². The molecule has 1 saturated heterocycles. The van der Waals surface area contributed by atoms with Gasteiger partial charge in [0, 0.05) is 25.7 Å². The molecule has 23 heavy (non-hydrogen) atoms. The molecule has 3 amide bonds. The van der Waals surface area contributed by atoms with Crippen LogP contribution in [0.2, 0.25) is 0 Å². The highest BCUT2D eigenvalue weighted by Gasteiger charge is 2.32. The van der Waals surface area contributed by atoms with Crippen LogP contribution in [0.25, 0.3) is 0 Å². The van der Waals surface area contributed by atoms with Crippen molar-refractivity contribution in [2.45, 2.75) is 6.92 Å². The zero-order chi connectivity index (χ0) is 17.0. The molecule has 2 rings (SSSR count). The van der Waals surface area contributed by atoms with Gasteiger partial charge in [-0.25, -0.2) is 0 Å². The van der Waals surface area contributed by atoms with Crippen molar-refractivity contribution in [2.75, 3.05) is 44.3 Å². The van der Waals surface area contributed by atoms with Gasteiger partial charge in [0.1, 0.15) is 12.3 Å². The molecule has 8 heteroatoms. The number of methoxy groups -OCH3 is 1. The van der Waals surface area contributed by atoms with E-state index in [2.05, 4.69) is 5.32 Å². The maximum atomic E-state index is 12.1. The first kappa shape index (κ1) is 16.6. The van der Waals surface area contributed by atoms with Crippen LogP contribution >= 0.6 is 0 Å². The number of benzene rings is 1. The molecule has 0 saturated carbocycles. The second-order valence-corrected chi connectivity index (χ2v) is 5.11. The summed E-state index contributed by atoms with van der Waals surface area (Å²) >= 11 is 0. The molecule has 8 nitrogen and oxygen atoms in total. The summed E-state index contributed by atoms with van der Waals surface area (Å²) in [6, 6.07) is 4.88. The number of nitrogens with one attached hydrogen (secondary N) is 1. The highest BCUT2D eigenvalue weighted by atomic mass is 16.5. The third-order valence-corrected chi connectivity index (χ3v) is 3.65. The summed E-state index contributed by atoms with van der Waals surface area (Å²) in [6.45, 7) is 2.85. The summed E-state index contributed by atoms with van der Waals surface area (Å²) in [5.41, 5.74) is 6.59. The molecule has 1 fully saturated rings. The average Bonchev–Trinajstić information content (AvgIpc) is 2.54. The third kappa shape index (κ3) is 3.71. The first-order valence-electron chi connectivity index (χ1n) is 7.27. The Labute approximate surface area is 134 Å². The second-order valence-electron chi connectivity index (χ2n) is 5.11. The van der Waals surface area contributed by atoms with Gasteiger partial charge in [0.05, 0.1) is 18.5 Å². The van der Waals surface area contributed by atoms with Crippen LogP contribution < -0.4 is 15.8 Å². The monoisotopic (exact) mass is 320 g/mol. The van der Waals surface area contributed by atoms with Crippen LogP contribution in [0.15, 0.2) is 18.2 Å². The highest BCUT2D eigenvalue weighted by Crippen LogP contribution is 2.24. The largest absolute Gasteiger partial charge is 0.497 e. The predicted molar refractivity (Wildman–Crippen MR) is 84.9 cm³/mol. The summed E-state index contributed by atoms with van der Waals surface area (Å²) in [6.07, 6.45) is 0. The Morgan fingerprint density at radius 3 is 2.57 bits per heavy atom. The maximum absolute atomic E-state index is 12.1. The van der Waals surface area contributed by atoms with E-state index in [9.17, 15) is 14.4 Å². The fourth-order valence-electron chi connectivity index (χ4n) is 2.30. The molecule has 0 radical (unpaired) electrons. The molecule has 0 spiro atoms. The number of amides is 3. The summed E-state index contributed by atoms with van der Waals surface area (Å²) in [4.78, 5) is 38.6. The molecule has 0 aliphatic carbocycles. The van der Waals surface area contributed by atoms with Crippen molar-refractivity contribution in [3.05, 3.63) is 18.2 Å². The van der Waals surface area contributed by atoms with Crippen molar-refractivity contribution >= 4 is 29.1 Å². The van der Waals surface area contributed by atoms with E-state index < -0.39 is 17.7 Å². The minimum atomic E-state index is -0.660. The Morgan fingerprint density at radius 2 is 1.91 bits per heavy atom. The number of carbonyl (C=O) groups is 3. The minimum absolute atomic E-state index is 0.196. The lowest BCUT2D eigenvalue weighted by Gasteiger charge is -2.32. The van der Waals surface area contributed by atoms with Gasteiger partial charge in [0.15, 0.2) is 0 Å². The van der Waals surface area contributed by atoms with Crippen molar-refractivity contribution in [3.63, 3.8) is 0 Å². The molecule has 3 N–H and O–H groups in total. The van der Waals surface area contributed by atoms with E-state index in [-0.39, 0.29) is 6.54 Å². The fourth-order valence-corrected chi connectivity index (χ4v) is 2.30. The van der Waals surface area contributed by atoms with E-state index in [1.165, 1.54) is 16.9 Å². The smallest absolute Gasteiger partial charge is 0.312 e. The van der Waals surface area contributed by atoms with E-state index in [1.807, 2.05) is 0 Å². The van der Waals surface area contributed by atoms with Crippen molar-refractivity contribution in [1.29, 1.82) is 0 Å². The van der Waals surface area contributed by atoms with E-state index in [1.54, 1.807) is 25.1 Å². The Kier molecular flexibility index (Phi) is 5.05. The number of rotatable bonds is 5. The number of nitrogens with zero attached hydrogens (tertiary/aromatic N) is 2. The molecule has 1 heterocycles. The van der Waals surface area contributed by atoms with Gasteiger partial charge < -0.3 is 25.6 Å². The van der Waals surface area contributed by atoms with E-state index >= 15 is 0 Å². The number of likely N-dealkylation sites (N-methyl/N-ethyl adjacent to an activating group) is 1. The van der Waals surface area contributed by atoms with Crippen LogP contribution in [-0.4, -0.2) is 60.8 Å². The molecule has 0 unspecified atom stereocenters. The molecule has 124 valence electrons. The summed E-state index contributed by atoms with van der Waals surface area (Å²) in [5.74, 6) is -1.10. The number of anilines is 2. The normalized spacial score (nSPS) is 14.9. The number of ether oxygens (including phenoxy) is 1. The van der Waals surface area contributed by atoms with E-state index in [4.69, 9.17) is 10.5 Å². The second kappa shape index (κ2) is 6.99. The number of nitrogens with two attached hydrogens (primary N) is 1. The summed E-state index contributed by atoms with van der Waals surface area (Å²) < 4.78 is 5.08. The predicted octanol–water partition coefficient (Wildman–Crippen LogP) is -0.0934. The summed E-state index contributed by atoms with van der Waals surface area (Å²) in [7, 11) is 1.51. The molecule has 1 aliphatic heterocycles. The van der Waals surface area contributed by atoms with Gasteiger partial charge in [-0.3, -0.25) is 14.4 Å². The zero-order valence-electron chi connectivity index (χ0n) is 13.2. The number of nitrogen functional groups attached to an aromatic ring is 1. The van der Waals surface area contributed by atoms with E-state index in [0.717, 1.165) is 0 Å². The lowest BCUT2D eigenvalue weighted by molar-refractivity contribution is -0.156. The van der Waals surface area contributed by atoms with Crippen LogP contribution in [0.5, 0.6) is 5.75 Å². The van der Waals surface area contributed by atoms with Crippen molar-refractivity contribution in [1.82, 2.24) is 9.80 Å². The SMILES string of the molecule is CCN1CCN(CC(=O)Nc2cc(OC)ccc2N)C(=O)C1=O. The fraction of sp³-hybridized carbons (Fsp3) is 0.400. The maximum Gasteiger partial charge on any atom is 0.312 e. The topological polar surface area (TPSA) is 105 Å². The number of hydrogen-bond acceptors (Lipinski definition) is 5. The van der Waals surface area contributed by atoms with Crippen LogP contribution in [-0.2, 0) is 14.4 Å². The Bertz CT molecular complexity index is 632. The van der Waals surface area contributed by atoms with Gasteiger partial charge in [0.25, 0.3) is 0 Å². The van der Waals surface area contributed by atoms with Crippen LogP contribution in [0.3, 0.4) is 0 Å². The lowest BCUT2D eigenvalue weighted by Crippen LogP contribution is -2.55. The van der Waals surface area contributed by atoms with Crippen molar-refractivity contribution < 1.29 is 19.1 Å². The highest BCUT2D eigenvalue weighted by molar-refractivity contribution is 6.35. The lowest BCUT2D eigenvalue weighted by atomic mass is 10.2. The standard InChI is InChI=1S/C15H20N4O4/c1-3-18-6-7-19(15(22)14(18)21)9-13(20)17-12-8-10(23-2)4-5-11(12)16/h4-5,8H,3,6-7,9,16H2,1-2H3,(H,17,20). The van der Waals surface area contributed by atoms with E-state index in [0.29, 0.717) is 36.8 Å². The Hall–Kier alpha value is -2.77. The van der Waals surface area contributed by atoms with Gasteiger partial charge >= 0.3 is 11.8 Å². The molecular formula is C15H20N4O4. The minimum Gasteiger partial charge on any atom is -0.497 e. The van der Waals surface area contributed by atoms with Crippen LogP contribution in [0.1, 0.15) is 6.92 Å². The third-order valence-electron chi connectivity index (χ3n) is 3.65. The Balaban J connectivity index is 2.00. The molecule has 0 atom stereocenters. The van der Waals surface area contributed by atoms with Crippen molar-refractivity contribution in [2.24, 2.45) is 0 Å². The molecule has 1 aliphatic rings. The first-order chi connectivity index (χ1) is 11.0. The molecule has 1 aromatic rings. The number of hydrogen-bond donors (Lipinski definition) is 2. The molecule has 1 aromatic carbocycles. The Morgan fingerprint density at radius 1 is 1.26 bits per heavy atom. The van der Waals surface area contributed by atoms with Crippen molar-refractivity contribution in [3.8, 4) is 5.75 Å². The van der Waals surface area contributed by atoms with Crippen LogP contribution in [0, 0.1) is 0 Å². The van der Waals surface area contributed by atoms with Gasteiger partial charge in [0.2, 0.25) is 5.91 Å². The van der Waals surface area contributed by atoms with Gasteiger partial charge in [-0.05, 0) is 19.1 Å². The average molecular weight is 320 g/mol. The number of carbonyl (C=O) groups excluding carboxylic acids is 3.